The number of hydrogen-bond donors (Lipinski definition) is 1. The summed E-state index contributed by atoms with van der Waals surface area (Å²) in [6.45, 7) is 1.15. The summed E-state index contributed by atoms with van der Waals surface area (Å²) in [7, 11) is 0. The van der Waals surface area contributed by atoms with E-state index < -0.39 is 18.1 Å². The minimum Gasteiger partial charge on any atom is -0.356 e. The minimum atomic E-state index is -2.79. The molecule has 0 aliphatic carbocycles. The van der Waals surface area contributed by atoms with Gasteiger partial charge in [0.2, 0.25) is 0 Å². The molecule has 0 radical (unpaired) electrons. The van der Waals surface area contributed by atoms with Gasteiger partial charge in [-0.1, -0.05) is 5.21 Å². The lowest BCUT2D eigenvalue weighted by Gasteiger charge is -2.32. The highest BCUT2D eigenvalue weighted by Gasteiger charge is 2.26. The molecule has 3 heterocycles. The SMILES string of the molecule is Fc1ccc2nc(C(F)F)nc(N3CCC(c4nn[nH]n4)CC3)c2c1. The molecule has 1 aliphatic rings. The monoisotopic (exact) mass is 349 g/mol. The van der Waals surface area contributed by atoms with Gasteiger partial charge in [0.05, 0.1) is 5.52 Å². The molecule has 1 fully saturated rings. The molecule has 3 aromatic rings. The maximum atomic E-state index is 13.6. The van der Waals surface area contributed by atoms with Crippen LogP contribution in [0.3, 0.4) is 0 Å². The Morgan fingerprint density at radius 1 is 1.16 bits per heavy atom. The number of benzene rings is 1. The van der Waals surface area contributed by atoms with Crippen LogP contribution in [0.4, 0.5) is 19.0 Å². The summed E-state index contributed by atoms with van der Waals surface area (Å²) < 4.78 is 39.9. The minimum absolute atomic E-state index is 0.148. The molecule has 1 aromatic carbocycles. The van der Waals surface area contributed by atoms with Crippen molar-refractivity contribution in [2.24, 2.45) is 0 Å². The Bertz CT molecular complexity index is 876. The quantitative estimate of drug-likeness (QED) is 0.783. The molecular weight excluding hydrogens is 335 g/mol. The van der Waals surface area contributed by atoms with Crippen LogP contribution >= 0.6 is 0 Å². The molecule has 4 rings (SSSR count). The lowest BCUT2D eigenvalue weighted by atomic mass is 9.96. The molecule has 10 heteroatoms. The maximum absolute atomic E-state index is 13.6. The number of aromatic amines is 1. The van der Waals surface area contributed by atoms with Crippen LogP contribution < -0.4 is 4.90 Å². The molecule has 1 N–H and O–H groups in total. The largest absolute Gasteiger partial charge is 0.356 e. The highest BCUT2D eigenvalue weighted by atomic mass is 19.3. The van der Waals surface area contributed by atoms with Crippen LogP contribution in [0.25, 0.3) is 10.9 Å². The van der Waals surface area contributed by atoms with E-state index in [-0.39, 0.29) is 5.92 Å². The number of tetrazole rings is 1. The Morgan fingerprint density at radius 3 is 2.64 bits per heavy atom. The summed E-state index contributed by atoms with van der Waals surface area (Å²) >= 11 is 0. The van der Waals surface area contributed by atoms with Gasteiger partial charge in [-0.15, -0.1) is 10.2 Å². The number of nitrogens with one attached hydrogen (secondary N) is 1. The fraction of sp³-hybridized carbons (Fsp3) is 0.400. The summed E-state index contributed by atoms with van der Waals surface area (Å²) in [6.07, 6.45) is -1.33. The first kappa shape index (κ1) is 15.7. The second kappa shape index (κ2) is 6.26. The second-order valence-corrected chi connectivity index (χ2v) is 5.90. The predicted molar refractivity (Wildman–Crippen MR) is 82.8 cm³/mol. The van der Waals surface area contributed by atoms with Crippen molar-refractivity contribution in [2.75, 3.05) is 18.0 Å². The van der Waals surface area contributed by atoms with Crippen molar-refractivity contribution in [2.45, 2.75) is 25.2 Å². The van der Waals surface area contributed by atoms with Crippen molar-refractivity contribution in [1.82, 2.24) is 30.6 Å². The summed E-state index contributed by atoms with van der Waals surface area (Å²) in [4.78, 5) is 9.72. The van der Waals surface area contributed by atoms with Gasteiger partial charge < -0.3 is 4.90 Å². The molecule has 1 aliphatic heterocycles. The Hall–Kier alpha value is -2.78. The van der Waals surface area contributed by atoms with Gasteiger partial charge in [-0.3, -0.25) is 0 Å². The first-order valence-electron chi connectivity index (χ1n) is 7.85. The molecule has 0 unspecified atom stereocenters. The number of anilines is 1. The molecule has 1 saturated heterocycles. The van der Waals surface area contributed by atoms with Gasteiger partial charge >= 0.3 is 0 Å². The van der Waals surface area contributed by atoms with E-state index in [9.17, 15) is 13.2 Å². The molecule has 7 nitrogen and oxygen atoms in total. The fourth-order valence-electron chi connectivity index (χ4n) is 3.13. The molecule has 0 spiro atoms. The van der Waals surface area contributed by atoms with Crippen LogP contribution in [0, 0.1) is 5.82 Å². The third-order valence-electron chi connectivity index (χ3n) is 4.37. The number of rotatable bonds is 3. The van der Waals surface area contributed by atoms with Gasteiger partial charge in [-0.05, 0) is 31.0 Å². The Balaban J connectivity index is 1.67. The van der Waals surface area contributed by atoms with E-state index in [1.807, 2.05) is 4.90 Å². The molecular formula is C15H14F3N7. The number of nitrogens with zero attached hydrogens (tertiary/aromatic N) is 6. The van der Waals surface area contributed by atoms with Crippen molar-refractivity contribution < 1.29 is 13.2 Å². The first-order valence-corrected chi connectivity index (χ1v) is 7.85. The molecule has 0 saturated carbocycles. The number of halogens is 3. The van der Waals surface area contributed by atoms with Crippen LogP contribution in [0.5, 0.6) is 0 Å². The lowest BCUT2D eigenvalue weighted by Crippen LogP contribution is -2.34. The summed E-state index contributed by atoms with van der Waals surface area (Å²) in [6, 6.07) is 3.88. The topological polar surface area (TPSA) is 83.5 Å². The van der Waals surface area contributed by atoms with Gasteiger partial charge in [0.15, 0.2) is 11.6 Å². The number of fused-ring (bicyclic) bond motifs is 1. The summed E-state index contributed by atoms with van der Waals surface area (Å²) in [5, 5.41) is 14.4. The number of hydrogen-bond acceptors (Lipinski definition) is 6. The molecule has 2 aromatic heterocycles. The normalized spacial score (nSPS) is 16.1. The first-order chi connectivity index (χ1) is 12.1. The Kier molecular flexibility index (Phi) is 3.94. The van der Waals surface area contributed by atoms with Crippen LogP contribution in [0.1, 0.15) is 36.8 Å². The standard InChI is InChI=1S/C15H14F3N7/c16-9-1-2-11-10(7-9)15(20-14(19-11)12(17)18)25-5-3-8(4-6-25)13-21-23-24-22-13/h1-2,7-8,12H,3-6H2,(H,21,22,23,24). The fourth-order valence-corrected chi connectivity index (χ4v) is 3.13. The summed E-state index contributed by atoms with van der Waals surface area (Å²) in [5.74, 6) is 0.130. The van der Waals surface area contributed by atoms with Gasteiger partial charge in [0.1, 0.15) is 11.6 Å². The molecule has 0 amide bonds. The van der Waals surface area contributed by atoms with Gasteiger partial charge in [-0.2, -0.15) is 5.21 Å². The van der Waals surface area contributed by atoms with E-state index in [1.165, 1.54) is 18.2 Å². The summed E-state index contributed by atoms with van der Waals surface area (Å²) in [5.41, 5.74) is 0.307. The smallest absolute Gasteiger partial charge is 0.297 e. The van der Waals surface area contributed by atoms with Gasteiger partial charge in [0, 0.05) is 24.4 Å². The van der Waals surface area contributed by atoms with Crippen LogP contribution in [-0.4, -0.2) is 43.7 Å². The van der Waals surface area contributed by atoms with Crippen LogP contribution in [0.2, 0.25) is 0 Å². The highest BCUT2D eigenvalue weighted by Crippen LogP contribution is 2.32. The van der Waals surface area contributed by atoms with E-state index in [1.54, 1.807) is 0 Å². The lowest BCUT2D eigenvalue weighted by molar-refractivity contribution is 0.141. The average molecular weight is 349 g/mol. The van der Waals surface area contributed by atoms with Crippen molar-refractivity contribution in [1.29, 1.82) is 0 Å². The van der Waals surface area contributed by atoms with E-state index in [0.29, 0.717) is 35.6 Å². The zero-order valence-electron chi connectivity index (χ0n) is 13.0. The maximum Gasteiger partial charge on any atom is 0.297 e. The third kappa shape index (κ3) is 2.99. The second-order valence-electron chi connectivity index (χ2n) is 5.90. The van der Waals surface area contributed by atoms with Crippen molar-refractivity contribution >= 4 is 16.7 Å². The predicted octanol–water partition coefficient (Wildman–Crippen LogP) is 2.60. The highest BCUT2D eigenvalue weighted by molar-refractivity contribution is 5.89. The van der Waals surface area contributed by atoms with Crippen molar-refractivity contribution in [3.05, 3.63) is 35.7 Å². The zero-order valence-corrected chi connectivity index (χ0v) is 13.0. The third-order valence-corrected chi connectivity index (χ3v) is 4.37. The van der Waals surface area contributed by atoms with Crippen molar-refractivity contribution in [3.8, 4) is 0 Å². The molecule has 130 valence electrons. The van der Waals surface area contributed by atoms with Crippen LogP contribution in [-0.2, 0) is 0 Å². The van der Waals surface area contributed by atoms with Crippen LogP contribution in [0.15, 0.2) is 18.2 Å². The van der Waals surface area contributed by atoms with Crippen molar-refractivity contribution in [3.63, 3.8) is 0 Å². The average Bonchev–Trinajstić information content (AvgIpc) is 3.15. The van der Waals surface area contributed by atoms with Gasteiger partial charge in [-0.25, -0.2) is 23.1 Å². The molecule has 25 heavy (non-hydrogen) atoms. The zero-order chi connectivity index (χ0) is 17.4. The molecule has 0 atom stereocenters. The van der Waals surface area contributed by atoms with E-state index in [4.69, 9.17) is 0 Å². The number of aromatic nitrogens is 6. The Labute approximate surface area is 140 Å². The number of piperidine rings is 1. The number of H-pyrrole nitrogens is 1. The number of alkyl halides is 2. The molecule has 0 bridgehead atoms. The van der Waals surface area contributed by atoms with E-state index >= 15 is 0 Å². The van der Waals surface area contributed by atoms with E-state index in [0.717, 1.165) is 12.8 Å². The van der Waals surface area contributed by atoms with E-state index in [2.05, 4.69) is 30.6 Å². The Morgan fingerprint density at radius 2 is 1.96 bits per heavy atom. The van der Waals surface area contributed by atoms with Gasteiger partial charge in [0.25, 0.3) is 6.43 Å².